The molecule has 4 unspecified atom stereocenters. The summed E-state index contributed by atoms with van der Waals surface area (Å²) in [7, 11) is 0. The molecule has 4 fully saturated rings. The summed E-state index contributed by atoms with van der Waals surface area (Å²) in [6.07, 6.45) is 4.73. The highest BCUT2D eigenvalue weighted by Crippen LogP contribution is 2.68. The number of rotatable bonds is 2. The van der Waals surface area contributed by atoms with Crippen LogP contribution in [-0.4, -0.2) is 45.2 Å². The fourth-order valence-electron chi connectivity index (χ4n) is 8.58. The minimum Gasteiger partial charge on any atom is -0.460 e. The molecule has 0 aliphatic heterocycles. The molecule has 0 saturated heterocycles. The van der Waals surface area contributed by atoms with Crippen LogP contribution in [0.2, 0.25) is 0 Å². The molecule has 4 saturated carbocycles. The van der Waals surface area contributed by atoms with Gasteiger partial charge >= 0.3 is 5.97 Å². The zero-order chi connectivity index (χ0) is 22.9. The number of carbonyl (C=O) groups is 1. The molecule has 11 atom stereocenters. The Labute approximate surface area is 187 Å². The fraction of sp³-hybridized carbons (Fsp3) is 0.962. The van der Waals surface area contributed by atoms with Gasteiger partial charge in [0.2, 0.25) is 0 Å². The summed E-state index contributed by atoms with van der Waals surface area (Å²) in [6, 6.07) is 0. The highest BCUT2D eigenvalue weighted by molar-refractivity contribution is 5.73. The SMILES string of the molecule is CC(C(=O)OC(C)(C)C)[C@H]1CC[C@H]2C3C(O)C[C@@H]4C[C@H](O)CC[C@]4(C)C3C[C@H](O)[C@]12C. The summed E-state index contributed by atoms with van der Waals surface area (Å²) >= 11 is 0. The molecule has 0 aromatic rings. The van der Waals surface area contributed by atoms with Crippen molar-refractivity contribution in [2.24, 2.45) is 46.3 Å². The predicted molar refractivity (Wildman–Crippen MR) is 119 cm³/mol. The molecule has 5 nitrogen and oxygen atoms in total. The van der Waals surface area contributed by atoms with Crippen molar-refractivity contribution >= 4 is 5.97 Å². The summed E-state index contributed by atoms with van der Waals surface area (Å²) in [4.78, 5) is 12.9. The van der Waals surface area contributed by atoms with Crippen LogP contribution < -0.4 is 0 Å². The van der Waals surface area contributed by atoms with Crippen LogP contribution in [0.15, 0.2) is 0 Å². The average Bonchev–Trinajstić information content (AvgIpc) is 3.00. The van der Waals surface area contributed by atoms with E-state index in [2.05, 4.69) is 13.8 Å². The highest BCUT2D eigenvalue weighted by Gasteiger charge is 2.66. The molecule has 0 bridgehead atoms. The lowest BCUT2D eigenvalue weighted by Crippen LogP contribution is -2.62. The van der Waals surface area contributed by atoms with Crippen molar-refractivity contribution in [3.8, 4) is 0 Å². The number of aliphatic hydroxyl groups excluding tert-OH is 3. The smallest absolute Gasteiger partial charge is 0.309 e. The molecule has 5 heteroatoms. The van der Waals surface area contributed by atoms with Gasteiger partial charge in [-0.3, -0.25) is 4.79 Å². The van der Waals surface area contributed by atoms with E-state index in [4.69, 9.17) is 4.74 Å². The molecule has 0 aromatic heterocycles. The second-order valence-electron chi connectivity index (χ2n) is 12.8. The number of aliphatic hydroxyl groups is 3. The third kappa shape index (κ3) is 3.67. The molecular weight excluding hydrogens is 392 g/mol. The van der Waals surface area contributed by atoms with Crippen molar-refractivity contribution in [2.75, 3.05) is 0 Å². The van der Waals surface area contributed by atoms with Gasteiger partial charge in [-0.2, -0.15) is 0 Å². The van der Waals surface area contributed by atoms with E-state index in [-0.39, 0.29) is 58.6 Å². The Bertz CT molecular complexity index is 700. The van der Waals surface area contributed by atoms with E-state index in [1.807, 2.05) is 27.7 Å². The molecule has 4 aliphatic rings. The minimum absolute atomic E-state index is 0.0641. The number of esters is 1. The summed E-state index contributed by atoms with van der Waals surface area (Å²) in [5.41, 5.74) is -0.828. The van der Waals surface area contributed by atoms with Gasteiger partial charge in [0.05, 0.1) is 24.2 Å². The molecule has 0 aromatic carbocycles. The third-order valence-corrected chi connectivity index (χ3v) is 10.2. The first-order chi connectivity index (χ1) is 14.3. The summed E-state index contributed by atoms with van der Waals surface area (Å²) in [6.45, 7) is 12.2. The topological polar surface area (TPSA) is 87.0 Å². The Morgan fingerprint density at radius 2 is 1.68 bits per heavy atom. The summed E-state index contributed by atoms with van der Waals surface area (Å²) < 4.78 is 5.70. The van der Waals surface area contributed by atoms with Gasteiger partial charge in [-0.1, -0.05) is 20.8 Å². The average molecular weight is 437 g/mol. The first kappa shape index (κ1) is 23.5. The third-order valence-electron chi connectivity index (χ3n) is 10.2. The van der Waals surface area contributed by atoms with Crippen molar-refractivity contribution in [3.63, 3.8) is 0 Å². The molecule has 4 aliphatic carbocycles. The minimum atomic E-state index is -0.519. The van der Waals surface area contributed by atoms with E-state index in [0.717, 1.165) is 38.5 Å². The molecule has 4 rings (SSSR count). The number of hydrogen-bond donors (Lipinski definition) is 3. The standard InChI is InChI=1S/C26H44O5/c1-14(23(30)31-24(2,3)4)17-7-8-18-22-19(13-21(29)26(17,18)6)25(5)10-9-16(27)11-15(25)12-20(22)28/h14-22,27-29H,7-13H2,1-6H3/t14?,15-,16+,17+,18-,19?,20?,21-,22?,25-,26+/m0/s1. The molecule has 0 spiro atoms. The van der Waals surface area contributed by atoms with Crippen LogP contribution in [0.3, 0.4) is 0 Å². The van der Waals surface area contributed by atoms with Gasteiger partial charge in [0.25, 0.3) is 0 Å². The Balaban J connectivity index is 1.61. The monoisotopic (exact) mass is 436 g/mol. The van der Waals surface area contributed by atoms with Gasteiger partial charge in [-0.05, 0) is 101 Å². The van der Waals surface area contributed by atoms with E-state index in [9.17, 15) is 20.1 Å². The normalized spacial score (nSPS) is 50.7. The molecule has 31 heavy (non-hydrogen) atoms. The van der Waals surface area contributed by atoms with Crippen molar-refractivity contribution in [2.45, 2.75) is 110 Å². The molecule has 0 radical (unpaired) electrons. The molecule has 3 N–H and O–H groups in total. The Hall–Kier alpha value is -0.650. The van der Waals surface area contributed by atoms with Gasteiger partial charge in [-0.25, -0.2) is 0 Å². The van der Waals surface area contributed by atoms with Gasteiger partial charge in [-0.15, -0.1) is 0 Å². The van der Waals surface area contributed by atoms with Crippen LogP contribution in [0, 0.1) is 46.3 Å². The van der Waals surface area contributed by atoms with E-state index >= 15 is 0 Å². The maximum Gasteiger partial charge on any atom is 0.309 e. The van der Waals surface area contributed by atoms with E-state index < -0.39 is 11.7 Å². The number of hydrogen-bond acceptors (Lipinski definition) is 5. The van der Waals surface area contributed by atoms with Gasteiger partial charge in [0.15, 0.2) is 0 Å². The first-order valence-electron chi connectivity index (χ1n) is 12.6. The molecule has 178 valence electrons. The largest absolute Gasteiger partial charge is 0.460 e. The van der Waals surface area contributed by atoms with E-state index in [1.54, 1.807) is 0 Å². The summed E-state index contributed by atoms with van der Waals surface area (Å²) in [5.74, 6) is 0.602. The second-order valence-corrected chi connectivity index (χ2v) is 12.8. The van der Waals surface area contributed by atoms with Crippen LogP contribution in [0.5, 0.6) is 0 Å². The number of ether oxygens (including phenoxy) is 1. The van der Waals surface area contributed by atoms with Crippen molar-refractivity contribution in [1.82, 2.24) is 0 Å². The fourth-order valence-corrected chi connectivity index (χ4v) is 8.58. The quantitative estimate of drug-likeness (QED) is 0.571. The number of carbonyl (C=O) groups excluding carboxylic acids is 1. The van der Waals surface area contributed by atoms with Crippen LogP contribution in [-0.2, 0) is 9.53 Å². The van der Waals surface area contributed by atoms with Crippen LogP contribution in [0.1, 0.15) is 86.5 Å². The Morgan fingerprint density at radius 3 is 2.32 bits per heavy atom. The van der Waals surface area contributed by atoms with Crippen LogP contribution in [0.4, 0.5) is 0 Å². The molecule has 0 amide bonds. The Kier molecular flexibility index (Phi) is 5.84. The first-order valence-corrected chi connectivity index (χ1v) is 12.6. The zero-order valence-electron chi connectivity index (χ0n) is 20.3. The molecule has 0 heterocycles. The maximum atomic E-state index is 12.9. The van der Waals surface area contributed by atoms with E-state index in [0.29, 0.717) is 12.3 Å². The van der Waals surface area contributed by atoms with Crippen LogP contribution in [0.25, 0.3) is 0 Å². The lowest BCUT2D eigenvalue weighted by molar-refractivity contribution is -0.208. The van der Waals surface area contributed by atoms with Gasteiger partial charge in [0, 0.05) is 5.41 Å². The maximum absolute atomic E-state index is 12.9. The lowest BCUT2D eigenvalue weighted by atomic mass is 9.43. The van der Waals surface area contributed by atoms with Crippen molar-refractivity contribution < 1.29 is 24.9 Å². The van der Waals surface area contributed by atoms with Gasteiger partial charge in [0.1, 0.15) is 5.60 Å². The summed E-state index contributed by atoms with van der Waals surface area (Å²) in [5, 5.41) is 33.1. The van der Waals surface area contributed by atoms with Crippen molar-refractivity contribution in [3.05, 3.63) is 0 Å². The highest BCUT2D eigenvalue weighted by atomic mass is 16.6. The van der Waals surface area contributed by atoms with E-state index in [1.165, 1.54) is 0 Å². The Morgan fingerprint density at radius 1 is 1.00 bits per heavy atom. The van der Waals surface area contributed by atoms with Crippen molar-refractivity contribution in [1.29, 1.82) is 0 Å². The van der Waals surface area contributed by atoms with Gasteiger partial charge < -0.3 is 20.1 Å². The lowest BCUT2D eigenvalue weighted by Gasteiger charge is -2.63. The number of fused-ring (bicyclic) bond motifs is 5. The van der Waals surface area contributed by atoms with Crippen LogP contribution >= 0.6 is 0 Å². The second kappa shape index (κ2) is 7.70. The predicted octanol–water partition coefficient (Wildman–Crippen LogP) is 3.93. The molecular formula is C26H44O5. The zero-order valence-corrected chi connectivity index (χ0v) is 20.3.